The molecule has 0 aliphatic heterocycles. The van der Waals surface area contributed by atoms with Gasteiger partial charge in [0.1, 0.15) is 0 Å². The van der Waals surface area contributed by atoms with Crippen molar-refractivity contribution in [2.75, 3.05) is 0 Å². The van der Waals surface area contributed by atoms with Crippen molar-refractivity contribution < 1.29 is 0 Å². The summed E-state index contributed by atoms with van der Waals surface area (Å²) in [5.41, 5.74) is 0. The van der Waals surface area contributed by atoms with Gasteiger partial charge in [-0.1, -0.05) is 13.3 Å². The van der Waals surface area contributed by atoms with Gasteiger partial charge in [-0.25, -0.2) is 0 Å². The fourth-order valence-electron chi connectivity index (χ4n) is 0.258. The summed E-state index contributed by atoms with van der Waals surface area (Å²) in [6.45, 7) is 2.12. The predicted molar refractivity (Wildman–Crippen MR) is 42.4 cm³/mol. The molecule has 0 saturated carbocycles. The van der Waals surface area contributed by atoms with Gasteiger partial charge in [0.25, 0.3) is 0 Å². The molecule has 0 saturated heterocycles. The third kappa shape index (κ3) is 11.3. The van der Waals surface area contributed by atoms with E-state index in [0.717, 1.165) is 6.42 Å². The molecule has 3 heteroatoms. The monoisotopic (exact) mass is 331 g/mol. The fourth-order valence-corrected chi connectivity index (χ4v) is 0.775. The second-order valence-corrected chi connectivity index (χ2v) is 2.92. The summed E-state index contributed by atoms with van der Waals surface area (Å²) >= 11 is 8.08. The van der Waals surface area contributed by atoms with Gasteiger partial charge in [0.05, 0.1) is 0 Å². The zero-order valence-electron chi connectivity index (χ0n) is 4.33. The quantitative estimate of drug-likeness (QED) is 0.429. The van der Waals surface area contributed by atoms with E-state index >= 15 is 0 Å². The predicted octanol–water partition coefficient (Wildman–Crippen LogP) is 1.59. The summed E-state index contributed by atoms with van der Waals surface area (Å²) in [7, 11) is 0. The molecular weight excluding hydrogens is 321 g/mol. The first-order valence-electron chi connectivity index (χ1n) is 2.13. The van der Waals surface area contributed by atoms with Crippen LogP contribution in [0.3, 0.4) is 0 Å². The number of hydrogen-bond acceptors (Lipinski definition) is 2. The summed E-state index contributed by atoms with van der Waals surface area (Å²) < 4.78 is 0.287. The zero-order valence-corrected chi connectivity index (χ0v) is 9.60. The molecule has 43 valence electrons. The third-order valence-electron chi connectivity index (χ3n) is 0.547. The molecule has 0 aromatic carbocycles. The molecule has 0 nitrogen and oxygen atoms in total. The van der Waals surface area contributed by atoms with E-state index in [-0.39, 0.29) is 30.8 Å². The maximum Gasteiger partial charge on any atom is 0.0442 e. The van der Waals surface area contributed by atoms with Gasteiger partial charge >= 0.3 is 0 Å². The van der Waals surface area contributed by atoms with Crippen molar-refractivity contribution in [1.29, 1.82) is 0 Å². The Morgan fingerprint density at radius 3 is 1.86 bits per heavy atom. The van der Waals surface area contributed by atoms with Crippen LogP contribution in [-0.4, -0.2) is 30.8 Å². The van der Waals surface area contributed by atoms with Crippen molar-refractivity contribution in [3.8, 4) is 0 Å². The van der Waals surface area contributed by atoms with Crippen LogP contribution < -0.4 is 0 Å². The van der Waals surface area contributed by atoms with Crippen molar-refractivity contribution >= 4 is 51.5 Å². The molecule has 0 rings (SSSR count). The second-order valence-electron chi connectivity index (χ2n) is 1.27. The SMILES string of the molecule is CCCC(S)S.[Bi]. The molecular formula is C4H10BiS2. The van der Waals surface area contributed by atoms with Crippen molar-refractivity contribution in [3.05, 3.63) is 0 Å². The molecule has 0 spiro atoms. The molecule has 0 N–H and O–H groups in total. The number of rotatable bonds is 2. The first-order valence-corrected chi connectivity index (χ1v) is 3.16. The van der Waals surface area contributed by atoms with Crippen LogP contribution in [-0.2, 0) is 0 Å². The molecule has 0 aromatic heterocycles. The van der Waals surface area contributed by atoms with Gasteiger partial charge in [0.15, 0.2) is 0 Å². The van der Waals surface area contributed by atoms with Crippen LogP contribution in [0.1, 0.15) is 19.8 Å². The standard InChI is InChI=1S/C4H10S2.Bi/c1-2-3-4(5)6;/h4-6H,2-3H2,1H3;. The van der Waals surface area contributed by atoms with E-state index in [9.17, 15) is 0 Å². The van der Waals surface area contributed by atoms with Crippen molar-refractivity contribution in [3.63, 3.8) is 0 Å². The smallest absolute Gasteiger partial charge is 0.0442 e. The largest absolute Gasteiger partial charge is 0.165 e. The van der Waals surface area contributed by atoms with Crippen LogP contribution in [0.4, 0.5) is 0 Å². The van der Waals surface area contributed by atoms with Crippen molar-refractivity contribution in [2.24, 2.45) is 0 Å². The fraction of sp³-hybridized carbons (Fsp3) is 1.00. The minimum atomic E-state index is 0. The van der Waals surface area contributed by atoms with Crippen LogP contribution in [0.15, 0.2) is 0 Å². The Kier molecular flexibility index (Phi) is 12.3. The Morgan fingerprint density at radius 1 is 1.43 bits per heavy atom. The minimum absolute atomic E-state index is 0. The zero-order chi connectivity index (χ0) is 4.99. The maximum absolute atomic E-state index is 4.04. The van der Waals surface area contributed by atoms with Gasteiger partial charge in [-0.15, -0.1) is 0 Å². The van der Waals surface area contributed by atoms with Gasteiger partial charge < -0.3 is 0 Å². The van der Waals surface area contributed by atoms with Crippen LogP contribution in [0.2, 0.25) is 0 Å². The van der Waals surface area contributed by atoms with Gasteiger partial charge in [-0.2, -0.15) is 25.3 Å². The van der Waals surface area contributed by atoms with Gasteiger partial charge in [-0.05, 0) is 6.42 Å². The van der Waals surface area contributed by atoms with Crippen LogP contribution in [0.5, 0.6) is 0 Å². The van der Waals surface area contributed by atoms with E-state index in [1.165, 1.54) is 6.42 Å². The second kappa shape index (κ2) is 7.58. The minimum Gasteiger partial charge on any atom is -0.165 e. The molecule has 0 aromatic rings. The Labute approximate surface area is 75.4 Å². The number of hydrogen-bond donors (Lipinski definition) is 2. The van der Waals surface area contributed by atoms with E-state index in [0.29, 0.717) is 0 Å². The summed E-state index contributed by atoms with van der Waals surface area (Å²) in [4.78, 5) is 0. The van der Waals surface area contributed by atoms with Gasteiger partial charge in [-0.3, -0.25) is 0 Å². The van der Waals surface area contributed by atoms with E-state index in [1.807, 2.05) is 0 Å². The molecule has 0 fully saturated rings. The summed E-state index contributed by atoms with van der Waals surface area (Å²) in [5.74, 6) is 0. The van der Waals surface area contributed by atoms with E-state index < -0.39 is 0 Å². The van der Waals surface area contributed by atoms with E-state index in [1.54, 1.807) is 0 Å². The Bertz CT molecular complexity index is 30.9. The average Bonchev–Trinajstić information content (AvgIpc) is 1.35. The van der Waals surface area contributed by atoms with E-state index in [2.05, 4.69) is 32.2 Å². The van der Waals surface area contributed by atoms with Gasteiger partial charge in [0.2, 0.25) is 0 Å². The topological polar surface area (TPSA) is 0 Å². The third-order valence-corrected chi connectivity index (χ3v) is 1.06. The Hall–Kier alpha value is 1.58. The van der Waals surface area contributed by atoms with Crippen LogP contribution in [0.25, 0.3) is 0 Å². The molecule has 0 aliphatic rings. The maximum atomic E-state index is 4.04. The first-order chi connectivity index (χ1) is 2.77. The Balaban J connectivity index is 0. The molecule has 3 radical (unpaired) electrons. The van der Waals surface area contributed by atoms with Crippen molar-refractivity contribution in [1.82, 2.24) is 0 Å². The molecule has 0 aliphatic carbocycles. The molecule has 0 heterocycles. The first kappa shape index (κ1) is 11.4. The molecule has 0 bridgehead atoms. The van der Waals surface area contributed by atoms with Gasteiger partial charge in [0, 0.05) is 30.8 Å². The summed E-state index contributed by atoms with van der Waals surface area (Å²) in [6, 6.07) is 0. The average molecular weight is 331 g/mol. The Morgan fingerprint density at radius 2 is 1.86 bits per heavy atom. The van der Waals surface area contributed by atoms with Crippen molar-refractivity contribution in [2.45, 2.75) is 24.3 Å². The molecule has 7 heavy (non-hydrogen) atoms. The van der Waals surface area contributed by atoms with Crippen LogP contribution in [0, 0.1) is 0 Å². The normalized spacial score (nSPS) is 8.57. The molecule has 0 amide bonds. The van der Waals surface area contributed by atoms with E-state index in [4.69, 9.17) is 0 Å². The summed E-state index contributed by atoms with van der Waals surface area (Å²) in [5, 5.41) is 0. The molecule has 0 atom stereocenters. The van der Waals surface area contributed by atoms with Crippen LogP contribution >= 0.6 is 25.3 Å². The number of thiol groups is 2. The molecule has 0 unspecified atom stereocenters. The summed E-state index contributed by atoms with van der Waals surface area (Å²) in [6.07, 6.45) is 2.28.